The fourth-order valence-corrected chi connectivity index (χ4v) is 3.25. The van der Waals surface area contributed by atoms with Gasteiger partial charge in [-0.25, -0.2) is 4.79 Å². The minimum absolute atomic E-state index is 0.0300. The van der Waals surface area contributed by atoms with Crippen LogP contribution in [0.4, 0.5) is 4.79 Å². The second-order valence-corrected chi connectivity index (χ2v) is 5.34. The number of carbonyl (C=O) groups is 2. The van der Waals surface area contributed by atoms with E-state index in [9.17, 15) is 14.7 Å². The highest BCUT2D eigenvalue weighted by Gasteiger charge is 2.43. The highest BCUT2D eigenvalue weighted by Crippen LogP contribution is 2.42. The maximum absolute atomic E-state index is 11.6. The average molecular weight is 264 g/mol. The van der Waals surface area contributed by atoms with Crippen molar-refractivity contribution in [3.63, 3.8) is 0 Å². The van der Waals surface area contributed by atoms with Crippen molar-refractivity contribution in [3.05, 3.63) is 24.3 Å². The van der Waals surface area contributed by atoms with Gasteiger partial charge in [0.2, 0.25) is 0 Å². The van der Waals surface area contributed by atoms with Gasteiger partial charge in [0.05, 0.1) is 6.42 Å². The van der Waals surface area contributed by atoms with Gasteiger partial charge in [-0.15, -0.1) is 0 Å². The Morgan fingerprint density at radius 3 is 2.74 bits per heavy atom. The smallest absolute Gasteiger partial charge is 0.315 e. The lowest BCUT2D eigenvalue weighted by atomic mass is 9.69. The summed E-state index contributed by atoms with van der Waals surface area (Å²) in [4.78, 5) is 24.4. The van der Waals surface area contributed by atoms with E-state index >= 15 is 0 Å². The summed E-state index contributed by atoms with van der Waals surface area (Å²) >= 11 is 0. The van der Waals surface area contributed by atoms with Crippen LogP contribution in [0.1, 0.15) is 32.1 Å². The van der Waals surface area contributed by atoms with Crippen molar-refractivity contribution in [1.29, 1.82) is 0 Å². The molecule has 0 radical (unpaired) electrons. The molecule has 1 heterocycles. The first-order chi connectivity index (χ1) is 9.05. The number of carboxylic acids is 1. The lowest BCUT2D eigenvalue weighted by Crippen LogP contribution is -2.54. The first-order valence-corrected chi connectivity index (χ1v) is 6.67. The number of carboxylic acid groups (broad SMARTS) is 1. The number of piperidine rings is 1. The number of likely N-dealkylation sites (tertiary alicyclic amines) is 1. The van der Waals surface area contributed by atoms with Gasteiger partial charge in [-0.2, -0.15) is 0 Å². The Hall–Kier alpha value is -1.78. The molecule has 0 saturated carbocycles. The van der Waals surface area contributed by atoms with E-state index in [-0.39, 0.29) is 12.5 Å². The standard InChI is InChI=1S/C14H20N2O3/c15-13(19)16-9-5-2-6-11(16)14(10-12(17)18)7-3-1-4-8-14/h1,3-4,7,11H,2,5-6,8-10H2,(H2,15,19)(H,17,18). The number of allylic oxidation sites excluding steroid dienone is 3. The van der Waals surface area contributed by atoms with Gasteiger partial charge in [0.15, 0.2) is 0 Å². The molecule has 5 nitrogen and oxygen atoms in total. The van der Waals surface area contributed by atoms with Crippen molar-refractivity contribution in [2.75, 3.05) is 6.54 Å². The SMILES string of the molecule is NC(=O)N1CCCCC1C1(CC(=O)O)C=CC=CC1. The van der Waals surface area contributed by atoms with Crippen molar-refractivity contribution in [1.82, 2.24) is 4.90 Å². The van der Waals surface area contributed by atoms with E-state index in [1.807, 2.05) is 24.3 Å². The quantitative estimate of drug-likeness (QED) is 0.816. The van der Waals surface area contributed by atoms with Crippen LogP contribution in [-0.4, -0.2) is 34.6 Å². The second-order valence-electron chi connectivity index (χ2n) is 5.34. The normalized spacial score (nSPS) is 30.3. The summed E-state index contributed by atoms with van der Waals surface area (Å²) in [5.41, 5.74) is 4.93. The van der Waals surface area contributed by atoms with Crippen LogP contribution in [-0.2, 0) is 4.79 Å². The van der Waals surface area contributed by atoms with Crippen molar-refractivity contribution >= 4 is 12.0 Å². The molecule has 2 aliphatic rings. The average Bonchev–Trinajstić information content (AvgIpc) is 2.39. The van der Waals surface area contributed by atoms with Gasteiger partial charge in [0, 0.05) is 18.0 Å². The van der Waals surface area contributed by atoms with E-state index in [2.05, 4.69) is 0 Å². The molecule has 5 heteroatoms. The highest BCUT2D eigenvalue weighted by atomic mass is 16.4. The van der Waals surface area contributed by atoms with Gasteiger partial charge in [-0.1, -0.05) is 24.3 Å². The number of hydrogen-bond donors (Lipinski definition) is 2. The number of nitrogens with zero attached hydrogens (tertiary/aromatic N) is 1. The van der Waals surface area contributed by atoms with Crippen LogP contribution < -0.4 is 5.73 Å². The van der Waals surface area contributed by atoms with Gasteiger partial charge in [-0.05, 0) is 25.7 Å². The molecule has 104 valence electrons. The topological polar surface area (TPSA) is 83.6 Å². The summed E-state index contributed by atoms with van der Waals surface area (Å²) in [7, 11) is 0. The third-order valence-electron chi connectivity index (χ3n) is 4.10. The number of amides is 2. The fourth-order valence-electron chi connectivity index (χ4n) is 3.25. The van der Waals surface area contributed by atoms with Crippen molar-refractivity contribution in [3.8, 4) is 0 Å². The largest absolute Gasteiger partial charge is 0.481 e. The van der Waals surface area contributed by atoms with E-state index in [0.29, 0.717) is 13.0 Å². The van der Waals surface area contributed by atoms with E-state index < -0.39 is 17.4 Å². The van der Waals surface area contributed by atoms with Gasteiger partial charge < -0.3 is 15.7 Å². The maximum atomic E-state index is 11.6. The molecule has 0 aromatic heterocycles. The van der Waals surface area contributed by atoms with Crippen molar-refractivity contribution in [2.45, 2.75) is 38.1 Å². The first kappa shape index (κ1) is 13.6. The molecule has 0 aromatic carbocycles. The van der Waals surface area contributed by atoms with E-state index in [4.69, 9.17) is 5.73 Å². The number of carbonyl (C=O) groups excluding carboxylic acids is 1. The molecule has 2 rings (SSSR count). The van der Waals surface area contributed by atoms with E-state index in [1.165, 1.54) is 0 Å². The van der Waals surface area contributed by atoms with E-state index in [1.54, 1.807) is 4.90 Å². The molecule has 0 spiro atoms. The predicted octanol–water partition coefficient (Wildman–Crippen LogP) is 1.90. The third kappa shape index (κ3) is 2.80. The minimum Gasteiger partial charge on any atom is -0.481 e. The zero-order chi connectivity index (χ0) is 13.9. The Morgan fingerprint density at radius 1 is 1.37 bits per heavy atom. The highest BCUT2D eigenvalue weighted by molar-refractivity contribution is 5.73. The van der Waals surface area contributed by atoms with Crippen LogP contribution in [0.25, 0.3) is 0 Å². The molecule has 1 aliphatic carbocycles. The zero-order valence-corrected chi connectivity index (χ0v) is 10.9. The molecular weight excluding hydrogens is 244 g/mol. The summed E-state index contributed by atoms with van der Waals surface area (Å²) < 4.78 is 0. The van der Waals surface area contributed by atoms with Crippen LogP contribution in [0.5, 0.6) is 0 Å². The fraction of sp³-hybridized carbons (Fsp3) is 0.571. The van der Waals surface area contributed by atoms with Gasteiger partial charge in [-0.3, -0.25) is 4.79 Å². The molecular formula is C14H20N2O3. The van der Waals surface area contributed by atoms with Crippen molar-refractivity contribution < 1.29 is 14.7 Å². The summed E-state index contributed by atoms with van der Waals surface area (Å²) in [5, 5.41) is 9.19. The van der Waals surface area contributed by atoms with Crippen LogP contribution in [0.3, 0.4) is 0 Å². The van der Waals surface area contributed by atoms with E-state index in [0.717, 1.165) is 19.3 Å². The van der Waals surface area contributed by atoms with Crippen molar-refractivity contribution in [2.24, 2.45) is 11.1 Å². The van der Waals surface area contributed by atoms with Crippen LogP contribution in [0.2, 0.25) is 0 Å². The number of primary amides is 1. The minimum atomic E-state index is -0.838. The Morgan fingerprint density at radius 2 is 2.16 bits per heavy atom. The molecule has 2 atom stereocenters. The number of aliphatic carboxylic acids is 1. The summed E-state index contributed by atoms with van der Waals surface area (Å²) in [5.74, 6) is -0.838. The zero-order valence-electron chi connectivity index (χ0n) is 10.9. The molecule has 0 aromatic rings. The molecule has 2 unspecified atom stereocenters. The van der Waals surface area contributed by atoms with Gasteiger partial charge in [0.25, 0.3) is 0 Å². The Bertz CT molecular complexity index is 430. The van der Waals surface area contributed by atoms with Crippen LogP contribution in [0, 0.1) is 5.41 Å². The Labute approximate surface area is 112 Å². The lowest BCUT2D eigenvalue weighted by molar-refractivity contribution is -0.140. The Balaban J connectivity index is 2.30. The number of nitrogens with two attached hydrogens (primary N) is 1. The van der Waals surface area contributed by atoms with Crippen LogP contribution >= 0.6 is 0 Å². The summed E-state index contributed by atoms with van der Waals surface area (Å²) in [6.07, 6.45) is 11.1. The third-order valence-corrected chi connectivity index (χ3v) is 4.10. The molecule has 1 fully saturated rings. The molecule has 19 heavy (non-hydrogen) atoms. The maximum Gasteiger partial charge on any atom is 0.315 e. The summed E-state index contributed by atoms with van der Waals surface area (Å²) in [6, 6.07) is -0.562. The number of hydrogen-bond acceptors (Lipinski definition) is 2. The first-order valence-electron chi connectivity index (χ1n) is 6.67. The van der Waals surface area contributed by atoms with Crippen LogP contribution in [0.15, 0.2) is 24.3 Å². The molecule has 3 N–H and O–H groups in total. The lowest BCUT2D eigenvalue weighted by Gasteiger charge is -2.46. The van der Waals surface area contributed by atoms with Gasteiger partial charge >= 0.3 is 12.0 Å². The number of rotatable bonds is 3. The monoisotopic (exact) mass is 264 g/mol. The molecule has 1 saturated heterocycles. The summed E-state index contributed by atoms with van der Waals surface area (Å²) in [6.45, 7) is 0.624. The molecule has 2 amide bonds. The second kappa shape index (κ2) is 5.47. The predicted molar refractivity (Wildman–Crippen MR) is 71.5 cm³/mol. The molecule has 0 bridgehead atoms. The Kier molecular flexibility index (Phi) is 3.93. The molecule has 1 aliphatic heterocycles. The van der Waals surface area contributed by atoms with Gasteiger partial charge in [0.1, 0.15) is 0 Å². The number of urea groups is 1.